The average molecular weight is 294 g/mol. The number of benzene rings is 1. The fourth-order valence-corrected chi connectivity index (χ4v) is 1.67. The summed E-state index contributed by atoms with van der Waals surface area (Å²) in [6, 6.07) is 6.19. The van der Waals surface area contributed by atoms with Gasteiger partial charge >= 0.3 is 0 Å². The molecule has 0 aliphatic carbocycles. The molecule has 0 saturated heterocycles. The fourth-order valence-electron chi connectivity index (χ4n) is 1.67. The van der Waals surface area contributed by atoms with Gasteiger partial charge in [-0.3, -0.25) is 9.59 Å². The van der Waals surface area contributed by atoms with Crippen LogP contribution in [0.3, 0.4) is 0 Å². The number of carbonyl (C=O) groups excluding carboxylic acids is 2. The van der Waals surface area contributed by atoms with Gasteiger partial charge in [0.05, 0.1) is 5.56 Å². The number of rotatable bonds is 7. The average Bonchev–Trinajstić information content (AvgIpc) is 2.43. The molecule has 0 fully saturated rings. The third kappa shape index (κ3) is 5.39. The normalized spacial score (nSPS) is 12.5. The number of nitrogens with two attached hydrogens (primary N) is 2. The van der Waals surface area contributed by atoms with Gasteiger partial charge in [0.2, 0.25) is 5.91 Å². The zero-order chi connectivity index (χ0) is 15.8. The minimum atomic E-state index is -0.499. The molecule has 21 heavy (non-hydrogen) atoms. The van der Waals surface area contributed by atoms with Gasteiger partial charge in [-0.1, -0.05) is 17.3 Å². The number of para-hydroxylation sites is 1. The smallest absolute Gasteiger partial charge is 0.258 e. The Morgan fingerprint density at radius 2 is 2.05 bits per heavy atom. The van der Waals surface area contributed by atoms with Crippen LogP contribution in [0.2, 0.25) is 0 Å². The molecule has 0 saturated carbocycles. The van der Waals surface area contributed by atoms with Gasteiger partial charge in [0, 0.05) is 12.5 Å². The number of nitrogens with zero attached hydrogens (tertiary/aromatic N) is 1. The second-order valence-electron chi connectivity index (χ2n) is 4.41. The molecule has 0 aromatic heterocycles. The first-order chi connectivity index (χ1) is 9.93. The molecule has 8 nitrogen and oxygen atoms in total. The highest BCUT2D eigenvalue weighted by Crippen LogP contribution is 2.17. The molecule has 0 heterocycles. The molecule has 0 spiro atoms. The van der Waals surface area contributed by atoms with E-state index in [4.69, 9.17) is 21.4 Å². The molecular formula is C13H18N4O4. The van der Waals surface area contributed by atoms with Crippen LogP contribution in [0.1, 0.15) is 18.9 Å². The number of amides is 2. The maximum Gasteiger partial charge on any atom is 0.258 e. The number of hydrogen-bond acceptors (Lipinski definition) is 5. The highest BCUT2D eigenvalue weighted by Gasteiger charge is 2.12. The highest BCUT2D eigenvalue weighted by atomic mass is 16.5. The molecule has 6 N–H and O–H groups in total. The van der Waals surface area contributed by atoms with Gasteiger partial charge < -0.3 is 26.7 Å². The van der Waals surface area contributed by atoms with Crippen molar-refractivity contribution in [3.8, 4) is 5.75 Å². The lowest BCUT2D eigenvalue weighted by Gasteiger charge is -2.13. The maximum absolute atomic E-state index is 11.7. The molecule has 1 atom stereocenters. The van der Waals surface area contributed by atoms with Crippen LogP contribution in [0.15, 0.2) is 29.4 Å². The number of oxime groups is 1. The molecule has 0 aliphatic heterocycles. The summed E-state index contributed by atoms with van der Waals surface area (Å²) in [5.74, 6) is -0.710. The van der Waals surface area contributed by atoms with Crippen LogP contribution in [0.4, 0.5) is 0 Å². The van der Waals surface area contributed by atoms with Gasteiger partial charge in [-0.15, -0.1) is 0 Å². The summed E-state index contributed by atoms with van der Waals surface area (Å²) in [5.41, 5.74) is 10.9. The zero-order valence-electron chi connectivity index (χ0n) is 11.6. The molecule has 1 unspecified atom stereocenters. The summed E-state index contributed by atoms with van der Waals surface area (Å²) in [6.45, 7) is 1.39. The topological polar surface area (TPSA) is 140 Å². The van der Waals surface area contributed by atoms with E-state index in [1.807, 2.05) is 0 Å². The van der Waals surface area contributed by atoms with Crippen LogP contribution >= 0.6 is 0 Å². The SMILES string of the molecule is CC(CC(N)=O)NC(=O)COc1ccccc1/C(N)=N/O. The molecule has 1 aromatic carbocycles. The van der Waals surface area contributed by atoms with Crippen LogP contribution in [0, 0.1) is 0 Å². The van der Waals surface area contributed by atoms with Crippen molar-refractivity contribution >= 4 is 17.6 Å². The van der Waals surface area contributed by atoms with Crippen molar-refractivity contribution < 1.29 is 19.5 Å². The lowest BCUT2D eigenvalue weighted by molar-refractivity contribution is -0.124. The number of ether oxygens (including phenoxy) is 1. The van der Waals surface area contributed by atoms with E-state index in [9.17, 15) is 9.59 Å². The summed E-state index contributed by atoms with van der Waals surface area (Å²) < 4.78 is 5.33. The Morgan fingerprint density at radius 3 is 2.67 bits per heavy atom. The molecule has 0 radical (unpaired) electrons. The molecule has 1 aromatic rings. The van der Waals surface area contributed by atoms with Crippen molar-refractivity contribution in [2.24, 2.45) is 16.6 Å². The van der Waals surface area contributed by atoms with Gasteiger partial charge in [-0.2, -0.15) is 0 Å². The Morgan fingerprint density at radius 1 is 1.38 bits per heavy atom. The van der Waals surface area contributed by atoms with Gasteiger partial charge in [-0.05, 0) is 19.1 Å². The summed E-state index contributed by atoms with van der Waals surface area (Å²) in [6.07, 6.45) is 0.0481. The summed E-state index contributed by atoms with van der Waals surface area (Å²) >= 11 is 0. The number of amidine groups is 1. The Kier molecular flexibility index (Phi) is 5.99. The van der Waals surface area contributed by atoms with Gasteiger partial charge in [0.1, 0.15) is 5.75 Å². The third-order valence-electron chi connectivity index (χ3n) is 2.54. The van der Waals surface area contributed by atoms with Crippen LogP contribution < -0.4 is 21.5 Å². The number of nitrogens with one attached hydrogen (secondary N) is 1. The van der Waals surface area contributed by atoms with Crippen molar-refractivity contribution in [1.82, 2.24) is 5.32 Å². The molecule has 114 valence electrons. The van der Waals surface area contributed by atoms with Gasteiger partial charge in [0.25, 0.3) is 5.91 Å². The predicted octanol–water partition coefficient (Wildman–Crippen LogP) is -0.460. The summed E-state index contributed by atoms with van der Waals surface area (Å²) in [7, 11) is 0. The molecular weight excluding hydrogens is 276 g/mol. The largest absolute Gasteiger partial charge is 0.483 e. The van der Waals surface area contributed by atoms with Crippen molar-refractivity contribution in [3.63, 3.8) is 0 Å². The van der Waals surface area contributed by atoms with Crippen LogP contribution in [-0.2, 0) is 9.59 Å². The third-order valence-corrected chi connectivity index (χ3v) is 2.54. The fraction of sp³-hybridized carbons (Fsp3) is 0.308. The van der Waals surface area contributed by atoms with Crippen molar-refractivity contribution in [2.75, 3.05) is 6.61 Å². The van der Waals surface area contributed by atoms with Crippen LogP contribution in [-0.4, -0.2) is 35.5 Å². The Labute approximate surface area is 121 Å². The maximum atomic E-state index is 11.7. The first kappa shape index (κ1) is 16.3. The Balaban J connectivity index is 2.60. The first-order valence-electron chi connectivity index (χ1n) is 6.21. The van der Waals surface area contributed by atoms with E-state index >= 15 is 0 Å². The number of hydrogen-bond donors (Lipinski definition) is 4. The lowest BCUT2D eigenvalue weighted by atomic mass is 10.2. The van der Waals surface area contributed by atoms with E-state index in [0.717, 1.165) is 0 Å². The molecule has 1 rings (SSSR count). The van der Waals surface area contributed by atoms with E-state index < -0.39 is 11.8 Å². The van der Waals surface area contributed by atoms with E-state index in [0.29, 0.717) is 11.3 Å². The van der Waals surface area contributed by atoms with Gasteiger partial charge in [-0.25, -0.2) is 0 Å². The van der Waals surface area contributed by atoms with Crippen molar-refractivity contribution in [1.29, 1.82) is 0 Å². The molecule has 2 amide bonds. The van der Waals surface area contributed by atoms with E-state index in [2.05, 4.69) is 10.5 Å². The minimum absolute atomic E-state index is 0.0481. The standard InChI is InChI=1S/C13H18N4O4/c1-8(6-11(14)18)16-12(19)7-21-10-5-3-2-4-9(10)13(15)17-20/h2-5,8,20H,6-7H2,1H3,(H2,14,18)(H2,15,17)(H,16,19). The second-order valence-corrected chi connectivity index (χ2v) is 4.41. The number of primary amides is 1. The quantitative estimate of drug-likeness (QED) is 0.233. The van der Waals surface area contributed by atoms with Crippen LogP contribution in [0.25, 0.3) is 0 Å². The Bertz CT molecular complexity index is 545. The van der Waals surface area contributed by atoms with E-state index in [-0.39, 0.29) is 24.9 Å². The van der Waals surface area contributed by atoms with Crippen molar-refractivity contribution in [2.45, 2.75) is 19.4 Å². The molecule has 0 aliphatic rings. The lowest BCUT2D eigenvalue weighted by Crippen LogP contribution is -2.38. The zero-order valence-corrected chi connectivity index (χ0v) is 11.6. The van der Waals surface area contributed by atoms with Crippen molar-refractivity contribution in [3.05, 3.63) is 29.8 Å². The van der Waals surface area contributed by atoms with Crippen LogP contribution in [0.5, 0.6) is 5.75 Å². The van der Waals surface area contributed by atoms with E-state index in [1.165, 1.54) is 0 Å². The first-order valence-corrected chi connectivity index (χ1v) is 6.21. The second kappa shape index (κ2) is 7.73. The molecule has 8 heteroatoms. The number of carbonyl (C=O) groups is 2. The monoisotopic (exact) mass is 294 g/mol. The van der Waals surface area contributed by atoms with E-state index in [1.54, 1.807) is 31.2 Å². The Hall–Kier alpha value is -2.77. The predicted molar refractivity (Wildman–Crippen MR) is 75.9 cm³/mol. The summed E-state index contributed by atoms with van der Waals surface area (Å²) in [4.78, 5) is 22.4. The van der Waals surface area contributed by atoms with Gasteiger partial charge in [0.15, 0.2) is 12.4 Å². The highest BCUT2D eigenvalue weighted by molar-refractivity contribution is 5.99. The summed E-state index contributed by atoms with van der Waals surface area (Å²) in [5, 5.41) is 14.1. The molecule has 0 bridgehead atoms. The minimum Gasteiger partial charge on any atom is -0.483 e.